The van der Waals surface area contributed by atoms with Crippen molar-refractivity contribution in [3.05, 3.63) is 35.9 Å². The number of benzene rings is 1. The van der Waals surface area contributed by atoms with Crippen LogP contribution in [0.1, 0.15) is 29.9 Å². The molecule has 0 heterocycles. The fourth-order valence-electron chi connectivity index (χ4n) is 1.66. The predicted molar refractivity (Wildman–Crippen MR) is 55.5 cm³/mol. The molecule has 2 rings (SSSR count). The van der Waals surface area contributed by atoms with Gasteiger partial charge in [0.25, 0.3) is 0 Å². The van der Waals surface area contributed by atoms with E-state index in [1.165, 1.54) is 29.9 Å². The van der Waals surface area contributed by atoms with Crippen LogP contribution >= 0.6 is 11.8 Å². The summed E-state index contributed by atoms with van der Waals surface area (Å²) in [7, 11) is 0. The van der Waals surface area contributed by atoms with Crippen molar-refractivity contribution in [2.75, 3.05) is 6.26 Å². The number of hydrogen-bond acceptors (Lipinski definition) is 2. The zero-order chi connectivity index (χ0) is 9.26. The Morgan fingerprint density at radius 1 is 1.46 bits per heavy atom. The molecule has 1 aliphatic rings. The minimum atomic E-state index is 0.696. The second-order valence-electron chi connectivity index (χ2n) is 3.37. The van der Waals surface area contributed by atoms with Crippen LogP contribution in [0, 0.1) is 6.61 Å². The number of aliphatic hydroxyl groups excluding tert-OH is 1. The van der Waals surface area contributed by atoms with Crippen LogP contribution in [0.25, 0.3) is 0 Å². The van der Waals surface area contributed by atoms with Crippen molar-refractivity contribution >= 4 is 11.8 Å². The van der Waals surface area contributed by atoms with E-state index in [1.54, 1.807) is 11.8 Å². The molecule has 0 amide bonds. The van der Waals surface area contributed by atoms with Crippen molar-refractivity contribution in [2.24, 2.45) is 0 Å². The van der Waals surface area contributed by atoms with Gasteiger partial charge in [-0.1, -0.05) is 12.1 Å². The van der Waals surface area contributed by atoms with Crippen LogP contribution in [-0.2, 0) is 0 Å². The number of hydrogen-bond donors (Lipinski definition) is 1. The third-order valence-electron chi connectivity index (χ3n) is 2.44. The van der Waals surface area contributed by atoms with E-state index in [4.69, 9.17) is 5.11 Å². The summed E-state index contributed by atoms with van der Waals surface area (Å²) < 4.78 is 0. The lowest BCUT2D eigenvalue weighted by atomic mass is 10.0. The van der Waals surface area contributed by atoms with Gasteiger partial charge >= 0.3 is 0 Å². The molecule has 1 radical (unpaired) electrons. The summed E-state index contributed by atoms with van der Waals surface area (Å²) in [5.74, 6) is 0.696. The van der Waals surface area contributed by atoms with Gasteiger partial charge in [-0.05, 0) is 42.2 Å². The Morgan fingerprint density at radius 3 is 2.77 bits per heavy atom. The summed E-state index contributed by atoms with van der Waals surface area (Å²) in [6.07, 6.45) is 4.64. The van der Waals surface area contributed by atoms with Gasteiger partial charge in [-0.2, -0.15) is 0 Å². The zero-order valence-electron chi connectivity index (χ0n) is 7.66. The van der Waals surface area contributed by atoms with Gasteiger partial charge in [0.2, 0.25) is 0 Å². The molecule has 1 aliphatic carbocycles. The molecule has 0 aromatic heterocycles. The largest absolute Gasteiger partial charge is 0.385 e. The second kappa shape index (κ2) is 3.72. The van der Waals surface area contributed by atoms with Crippen molar-refractivity contribution < 1.29 is 5.11 Å². The average molecular weight is 193 g/mol. The Bertz CT molecular complexity index is 283. The summed E-state index contributed by atoms with van der Waals surface area (Å²) in [6, 6.07) is 6.11. The first kappa shape index (κ1) is 9.10. The topological polar surface area (TPSA) is 20.2 Å². The lowest BCUT2D eigenvalue weighted by molar-refractivity contribution is 0.413. The first-order valence-corrected chi connectivity index (χ1v) is 5.73. The number of aliphatic hydroxyl groups is 1. The molecule has 0 aliphatic heterocycles. The first-order chi connectivity index (χ1) is 6.36. The van der Waals surface area contributed by atoms with Gasteiger partial charge in [-0.15, -0.1) is 11.8 Å². The van der Waals surface area contributed by atoms with Gasteiger partial charge in [0.1, 0.15) is 6.61 Å². The molecule has 69 valence electrons. The van der Waals surface area contributed by atoms with E-state index >= 15 is 0 Å². The van der Waals surface area contributed by atoms with E-state index in [2.05, 4.69) is 12.3 Å². The molecule has 0 bridgehead atoms. The summed E-state index contributed by atoms with van der Waals surface area (Å²) in [5.41, 5.74) is 2.34. The first-order valence-electron chi connectivity index (χ1n) is 4.51. The summed E-state index contributed by atoms with van der Waals surface area (Å²) in [5, 5.41) is 9.08. The van der Waals surface area contributed by atoms with Gasteiger partial charge in [0.15, 0.2) is 0 Å². The maximum absolute atomic E-state index is 9.08. The predicted octanol–water partition coefficient (Wildman–Crippen LogP) is 3.17. The Morgan fingerprint density at radius 2 is 2.23 bits per heavy atom. The van der Waals surface area contributed by atoms with E-state index in [9.17, 15) is 0 Å². The second-order valence-corrected chi connectivity index (χ2v) is 4.21. The molecule has 0 atom stereocenters. The van der Waals surface area contributed by atoms with E-state index in [-0.39, 0.29) is 0 Å². The zero-order valence-corrected chi connectivity index (χ0v) is 8.47. The van der Waals surface area contributed by atoms with Crippen LogP contribution in [0.3, 0.4) is 0 Å². The molecule has 1 nitrogen and oxygen atoms in total. The van der Waals surface area contributed by atoms with Crippen molar-refractivity contribution in [3.8, 4) is 0 Å². The molecule has 2 heteroatoms. The Kier molecular flexibility index (Phi) is 2.61. The van der Waals surface area contributed by atoms with Crippen molar-refractivity contribution in [3.63, 3.8) is 0 Å². The Labute approximate surface area is 83.2 Å². The van der Waals surface area contributed by atoms with Gasteiger partial charge in [-0.25, -0.2) is 0 Å². The highest BCUT2D eigenvalue weighted by molar-refractivity contribution is 7.98. The molecular weight excluding hydrogens is 180 g/mol. The minimum absolute atomic E-state index is 0.696. The lowest BCUT2D eigenvalue weighted by Crippen LogP contribution is -1.92. The van der Waals surface area contributed by atoms with Gasteiger partial charge in [0.05, 0.1) is 0 Å². The average Bonchev–Trinajstić information content (AvgIpc) is 3.00. The van der Waals surface area contributed by atoms with E-state index < -0.39 is 0 Å². The molecular formula is C11H13OS. The van der Waals surface area contributed by atoms with E-state index in [0.29, 0.717) is 5.92 Å². The molecule has 0 unspecified atom stereocenters. The maximum atomic E-state index is 9.08. The van der Waals surface area contributed by atoms with Gasteiger partial charge in [-0.3, -0.25) is 0 Å². The maximum Gasteiger partial charge on any atom is 0.109 e. The Hall–Kier alpha value is -0.470. The SMILES string of the molecule is CSc1cccc([CH]O)c1C1CC1. The van der Waals surface area contributed by atoms with E-state index in [1.807, 2.05) is 12.1 Å². The van der Waals surface area contributed by atoms with Crippen molar-refractivity contribution in [1.82, 2.24) is 0 Å². The highest BCUT2D eigenvalue weighted by atomic mass is 32.2. The van der Waals surface area contributed by atoms with Crippen molar-refractivity contribution in [1.29, 1.82) is 0 Å². The minimum Gasteiger partial charge on any atom is -0.385 e. The van der Waals surface area contributed by atoms with Gasteiger partial charge < -0.3 is 5.11 Å². The quantitative estimate of drug-likeness (QED) is 0.744. The normalized spacial score (nSPS) is 16.2. The molecule has 0 spiro atoms. The number of rotatable bonds is 3. The molecule has 1 aromatic rings. The highest BCUT2D eigenvalue weighted by Gasteiger charge is 2.27. The van der Waals surface area contributed by atoms with Crippen LogP contribution in [0.15, 0.2) is 23.1 Å². The van der Waals surface area contributed by atoms with Crippen LogP contribution in [0.4, 0.5) is 0 Å². The van der Waals surface area contributed by atoms with Crippen LogP contribution in [0.5, 0.6) is 0 Å². The van der Waals surface area contributed by atoms with Crippen LogP contribution in [-0.4, -0.2) is 11.4 Å². The van der Waals surface area contributed by atoms with Crippen LogP contribution < -0.4 is 0 Å². The van der Waals surface area contributed by atoms with Crippen LogP contribution in [0.2, 0.25) is 0 Å². The Balaban J connectivity index is 2.44. The summed E-state index contributed by atoms with van der Waals surface area (Å²) >= 11 is 1.76. The fraction of sp³-hybridized carbons (Fsp3) is 0.364. The highest BCUT2D eigenvalue weighted by Crippen LogP contribution is 2.45. The molecule has 0 saturated heterocycles. The summed E-state index contributed by atoms with van der Waals surface area (Å²) in [6.45, 7) is 1.23. The standard InChI is InChI=1S/C11H13OS/c1-13-10-4-2-3-9(7-12)11(10)8-5-6-8/h2-4,7-8,12H,5-6H2,1H3. The smallest absolute Gasteiger partial charge is 0.109 e. The summed E-state index contributed by atoms with van der Waals surface area (Å²) in [4.78, 5) is 1.31. The molecule has 1 N–H and O–H groups in total. The van der Waals surface area contributed by atoms with Crippen molar-refractivity contribution in [2.45, 2.75) is 23.7 Å². The molecule has 13 heavy (non-hydrogen) atoms. The van der Waals surface area contributed by atoms with Gasteiger partial charge in [0, 0.05) is 4.90 Å². The molecule has 1 saturated carbocycles. The van der Waals surface area contributed by atoms with E-state index in [0.717, 1.165) is 5.56 Å². The third-order valence-corrected chi connectivity index (χ3v) is 3.24. The number of thioether (sulfide) groups is 1. The molecule has 1 aromatic carbocycles. The monoisotopic (exact) mass is 193 g/mol. The molecule has 1 fully saturated rings. The lowest BCUT2D eigenvalue weighted by Gasteiger charge is -2.10. The third kappa shape index (κ3) is 1.74. The fourth-order valence-corrected chi connectivity index (χ4v) is 2.38.